The summed E-state index contributed by atoms with van der Waals surface area (Å²) in [6, 6.07) is 10.8. The first-order chi connectivity index (χ1) is 12.6. The van der Waals surface area contributed by atoms with Gasteiger partial charge in [-0.2, -0.15) is 0 Å². The van der Waals surface area contributed by atoms with Crippen molar-refractivity contribution in [2.75, 3.05) is 27.7 Å². The number of aryl methyl sites for hydroxylation is 2. The molecule has 0 amide bonds. The number of benzene rings is 1. The van der Waals surface area contributed by atoms with E-state index in [1.165, 1.54) is 5.56 Å². The van der Waals surface area contributed by atoms with Gasteiger partial charge in [-0.05, 0) is 26.1 Å². The van der Waals surface area contributed by atoms with Crippen LogP contribution in [0, 0.1) is 0 Å². The lowest BCUT2D eigenvalue weighted by atomic mass is 10.1. The molecular weight excluding hydrogens is 453 g/mol. The molecule has 1 atom stereocenters. The van der Waals surface area contributed by atoms with Gasteiger partial charge in [0.25, 0.3) is 0 Å². The number of hydrogen-bond donors (Lipinski definition) is 2. The number of hydrogen-bond acceptors (Lipinski definition) is 4. The largest absolute Gasteiger partial charge is 0.361 e. The van der Waals surface area contributed by atoms with E-state index in [0.29, 0.717) is 6.54 Å². The van der Waals surface area contributed by atoms with Gasteiger partial charge in [0.15, 0.2) is 5.96 Å². The van der Waals surface area contributed by atoms with Crippen molar-refractivity contribution >= 4 is 29.9 Å². The molecule has 1 aromatic carbocycles. The van der Waals surface area contributed by atoms with E-state index in [9.17, 15) is 0 Å². The van der Waals surface area contributed by atoms with E-state index in [1.807, 2.05) is 6.07 Å². The average molecular weight is 485 g/mol. The van der Waals surface area contributed by atoms with Crippen LogP contribution in [-0.4, -0.2) is 43.7 Å². The molecule has 0 aliphatic rings. The van der Waals surface area contributed by atoms with E-state index in [0.717, 1.165) is 42.4 Å². The van der Waals surface area contributed by atoms with Crippen molar-refractivity contribution in [3.05, 3.63) is 52.9 Å². The molecule has 27 heavy (non-hydrogen) atoms. The van der Waals surface area contributed by atoms with Crippen molar-refractivity contribution in [1.82, 2.24) is 20.7 Å². The quantitative estimate of drug-likeness (QED) is 0.341. The van der Waals surface area contributed by atoms with Crippen LogP contribution in [0.5, 0.6) is 0 Å². The van der Waals surface area contributed by atoms with Crippen molar-refractivity contribution in [1.29, 1.82) is 0 Å². The van der Waals surface area contributed by atoms with Crippen LogP contribution in [0.4, 0.5) is 0 Å². The van der Waals surface area contributed by atoms with E-state index in [4.69, 9.17) is 4.52 Å². The Balaban J connectivity index is 0.00000364. The Morgan fingerprint density at radius 3 is 2.41 bits per heavy atom. The van der Waals surface area contributed by atoms with Crippen LogP contribution < -0.4 is 10.6 Å². The van der Waals surface area contributed by atoms with Crippen LogP contribution >= 0.6 is 24.0 Å². The highest BCUT2D eigenvalue weighted by atomic mass is 127. The zero-order valence-corrected chi connectivity index (χ0v) is 19.3. The van der Waals surface area contributed by atoms with E-state index in [1.54, 1.807) is 7.05 Å². The molecule has 2 aromatic rings. The molecule has 0 fully saturated rings. The van der Waals surface area contributed by atoms with Crippen LogP contribution in [0.1, 0.15) is 42.5 Å². The molecule has 0 aliphatic carbocycles. The fourth-order valence-corrected chi connectivity index (χ4v) is 3.00. The Morgan fingerprint density at radius 1 is 1.15 bits per heavy atom. The molecule has 0 bridgehead atoms. The van der Waals surface area contributed by atoms with Gasteiger partial charge in [0.1, 0.15) is 5.76 Å². The summed E-state index contributed by atoms with van der Waals surface area (Å²) in [5, 5.41) is 11.0. The highest BCUT2D eigenvalue weighted by molar-refractivity contribution is 14.0. The zero-order chi connectivity index (χ0) is 18.9. The van der Waals surface area contributed by atoms with Crippen molar-refractivity contribution in [2.45, 2.75) is 39.3 Å². The van der Waals surface area contributed by atoms with Gasteiger partial charge in [-0.1, -0.05) is 49.3 Å². The summed E-state index contributed by atoms with van der Waals surface area (Å²) in [5.41, 5.74) is 3.44. The number of rotatable bonds is 8. The third-order valence-corrected chi connectivity index (χ3v) is 4.53. The van der Waals surface area contributed by atoms with Crippen LogP contribution in [0.2, 0.25) is 0 Å². The smallest absolute Gasteiger partial charge is 0.191 e. The predicted octanol–water partition coefficient (Wildman–Crippen LogP) is 3.39. The first-order valence-electron chi connectivity index (χ1n) is 9.22. The maximum absolute atomic E-state index is 5.43. The van der Waals surface area contributed by atoms with Gasteiger partial charge in [-0.3, -0.25) is 4.99 Å². The SMILES string of the molecule is CCc1noc(CC)c1CNC(=NC)NCC(c1ccccc1)N(C)C.I. The van der Waals surface area contributed by atoms with E-state index in [2.05, 4.69) is 77.9 Å². The number of aromatic nitrogens is 1. The number of nitrogens with zero attached hydrogens (tertiary/aromatic N) is 3. The minimum Gasteiger partial charge on any atom is -0.361 e. The first-order valence-corrected chi connectivity index (χ1v) is 9.22. The van der Waals surface area contributed by atoms with Crippen LogP contribution in [0.25, 0.3) is 0 Å². The first kappa shape index (κ1) is 23.4. The van der Waals surface area contributed by atoms with Crippen molar-refractivity contribution in [3.63, 3.8) is 0 Å². The maximum atomic E-state index is 5.43. The van der Waals surface area contributed by atoms with Crippen LogP contribution in [0.15, 0.2) is 39.8 Å². The highest BCUT2D eigenvalue weighted by Crippen LogP contribution is 2.17. The van der Waals surface area contributed by atoms with Gasteiger partial charge >= 0.3 is 0 Å². The van der Waals surface area contributed by atoms with Gasteiger partial charge in [0.05, 0.1) is 11.7 Å². The molecule has 0 saturated carbocycles. The molecule has 150 valence electrons. The Morgan fingerprint density at radius 2 is 1.85 bits per heavy atom. The molecule has 7 heteroatoms. The molecule has 6 nitrogen and oxygen atoms in total. The zero-order valence-electron chi connectivity index (χ0n) is 17.0. The fourth-order valence-electron chi connectivity index (χ4n) is 3.00. The Kier molecular flexibility index (Phi) is 10.4. The van der Waals surface area contributed by atoms with E-state index < -0.39 is 0 Å². The number of halogens is 1. The lowest BCUT2D eigenvalue weighted by Crippen LogP contribution is -2.41. The van der Waals surface area contributed by atoms with Crippen molar-refractivity contribution < 1.29 is 4.52 Å². The average Bonchev–Trinajstić information content (AvgIpc) is 3.07. The number of guanidine groups is 1. The summed E-state index contributed by atoms with van der Waals surface area (Å²) in [7, 11) is 5.97. The Bertz CT molecular complexity index is 678. The fraction of sp³-hybridized carbons (Fsp3) is 0.500. The van der Waals surface area contributed by atoms with Gasteiger partial charge in [-0.15, -0.1) is 24.0 Å². The second-order valence-electron chi connectivity index (χ2n) is 6.43. The van der Waals surface area contributed by atoms with Gasteiger partial charge < -0.3 is 20.1 Å². The third-order valence-electron chi connectivity index (χ3n) is 4.53. The molecule has 1 aromatic heterocycles. The summed E-state index contributed by atoms with van der Waals surface area (Å²) in [6.45, 7) is 5.60. The minimum absolute atomic E-state index is 0. The number of likely N-dealkylation sites (N-methyl/N-ethyl adjacent to an activating group) is 1. The van der Waals surface area contributed by atoms with Gasteiger partial charge in [0, 0.05) is 32.1 Å². The Hall–Kier alpha value is -1.61. The lowest BCUT2D eigenvalue weighted by Gasteiger charge is -2.26. The summed E-state index contributed by atoms with van der Waals surface area (Å²) in [6.07, 6.45) is 1.70. The maximum Gasteiger partial charge on any atom is 0.191 e. The second-order valence-corrected chi connectivity index (χ2v) is 6.43. The van der Waals surface area contributed by atoms with Crippen LogP contribution in [-0.2, 0) is 19.4 Å². The topological polar surface area (TPSA) is 65.7 Å². The number of aliphatic imine (C=N–C) groups is 1. The van der Waals surface area contributed by atoms with Crippen LogP contribution in [0.3, 0.4) is 0 Å². The highest BCUT2D eigenvalue weighted by Gasteiger charge is 2.16. The molecule has 2 rings (SSSR count). The summed E-state index contributed by atoms with van der Waals surface area (Å²) in [4.78, 5) is 6.56. The third kappa shape index (κ3) is 6.49. The molecule has 1 heterocycles. The molecule has 0 radical (unpaired) electrons. The standard InChI is InChI=1S/C20H31N5O.HI/c1-6-17-16(19(7-2)26-24-17)13-22-20(21-3)23-14-18(25(4)5)15-11-9-8-10-12-15;/h8-12,18H,6-7,13-14H2,1-5H3,(H2,21,22,23);1H. The molecule has 2 N–H and O–H groups in total. The number of nitrogens with one attached hydrogen (secondary N) is 2. The summed E-state index contributed by atoms with van der Waals surface area (Å²) >= 11 is 0. The molecular formula is C20H32IN5O. The molecule has 1 unspecified atom stereocenters. The van der Waals surface area contributed by atoms with E-state index >= 15 is 0 Å². The predicted molar refractivity (Wildman–Crippen MR) is 122 cm³/mol. The molecule has 0 aliphatic heterocycles. The monoisotopic (exact) mass is 485 g/mol. The van der Waals surface area contributed by atoms with Crippen molar-refractivity contribution in [2.24, 2.45) is 4.99 Å². The normalized spacial score (nSPS) is 12.6. The molecule has 0 spiro atoms. The van der Waals surface area contributed by atoms with Gasteiger partial charge in [0.2, 0.25) is 0 Å². The summed E-state index contributed by atoms with van der Waals surface area (Å²) < 4.78 is 5.43. The van der Waals surface area contributed by atoms with Gasteiger partial charge in [-0.25, -0.2) is 0 Å². The lowest BCUT2D eigenvalue weighted by molar-refractivity contribution is 0.298. The second kappa shape index (κ2) is 12.0. The Labute approximate surface area is 179 Å². The van der Waals surface area contributed by atoms with E-state index in [-0.39, 0.29) is 30.0 Å². The summed E-state index contributed by atoms with van der Waals surface area (Å²) in [5.74, 6) is 1.72. The minimum atomic E-state index is 0. The molecule has 0 saturated heterocycles. The van der Waals surface area contributed by atoms with Crippen molar-refractivity contribution in [3.8, 4) is 0 Å².